The Morgan fingerprint density at radius 2 is 1.88 bits per heavy atom. The minimum Gasteiger partial charge on any atom is -0.481 e. The standard InChI is InChI=1S/C11H21NO4S/c1-3-8(2)12-17(15,16)10-6-4-9(5-7-10)11(13)14/h8-10,12H,3-7H2,1-2H3,(H,13,14). The first kappa shape index (κ1) is 14.4. The predicted molar refractivity (Wildman–Crippen MR) is 65.2 cm³/mol. The van der Waals surface area contributed by atoms with Gasteiger partial charge >= 0.3 is 5.97 Å². The third-order valence-corrected chi connectivity index (χ3v) is 5.52. The summed E-state index contributed by atoms with van der Waals surface area (Å²) in [6, 6.07) is -0.0582. The Kier molecular flexibility index (Phi) is 4.94. The van der Waals surface area contributed by atoms with E-state index >= 15 is 0 Å². The molecule has 1 rings (SSSR count). The number of carboxylic acid groups (broad SMARTS) is 1. The van der Waals surface area contributed by atoms with Crippen LogP contribution in [0.3, 0.4) is 0 Å². The molecule has 1 aliphatic rings. The third-order valence-electron chi connectivity index (χ3n) is 3.44. The number of hydrogen-bond acceptors (Lipinski definition) is 3. The van der Waals surface area contributed by atoms with E-state index in [1.54, 1.807) is 0 Å². The first-order valence-corrected chi connectivity index (χ1v) is 7.65. The SMILES string of the molecule is CCC(C)NS(=O)(=O)C1CCC(C(=O)O)CC1. The molecule has 0 aliphatic heterocycles. The normalized spacial score (nSPS) is 27.6. The van der Waals surface area contributed by atoms with Crippen molar-refractivity contribution in [3.63, 3.8) is 0 Å². The van der Waals surface area contributed by atoms with Crippen molar-refractivity contribution in [1.29, 1.82) is 0 Å². The molecule has 100 valence electrons. The minimum absolute atomic E-state index is 0.0582. The molecule has 1 atom stereocenters. The van der Waals surface area contributed by atoms with Crippen LogP contribution in [-0.2, 0) is 14.8 Å². The summed E-state index contributed by atoms with van der Waals surface area (Å²) < 4.78 is 26.6. The fourth-order valence-corrected chi connectivity index (χ4v) is 3.89. The van der Waals surface area contributed by atoms with Gasteiger partial charge in [0, 0.05) is 6.04 Å². The largest absolute Gasteiger partial charge is 0.481 e. The van der Waals surface area contributed by atoms with Crippen LogP contribution in [0.1, 0.15) is 46.0 Å². The minimum atomic E-state index is -3.29. The monoisotopic (exact) mass is 263 g/mol. The molecule has 0 amide bonds. The van der Waals surface area contributed by atoms with Crippen LogP contribution in [0, 0.1) is 5.92 Å². The van der Waals surface area contributed by atoms with Gasteiger partial charge in [-0.1, -0.05) is 6.92 Å². The predicted octanol–water partition coefficient (Wildman–Crippen LogP) is 1.35. The van der Waals surface area contributed by atoms with E-state index in [-0.39, 0.29) is 12.0 Å². The maximum atomic E-state index is 12.0. The molecule has 1 saturated carbocycles. The third kappa shape index (κ3) is 3.96. The van der Waals surface area contributed by atoms with Gasteiger partial charge in [-0.05, 0) is 39.0 Å². The molecule has 0 saturated heterocycles. The van der Waals surface area contributed by atoms with Crippen LogP contribution < -0.4 is 4.72 Å². The van der Waals surface area contributed by atoms with Crippen molar-refractivity contribution >= 4 is 16.0 Å². The lowest BCUT2D eigenvalue weighted by atomic mass is 9.89. The van der Waals surface area contributed by atoms with E-state index in [4.69, 9.17) is 5.11 Å². The number of sulfonamides is 1. The average molecular weight is 263 g/mol. The topological polar surface area (TPSA) is 83.5 Å². The summed E-state index contributed by atoms with van der Waals surface area (Å²) in [6.07, 6.45) is 2.57. The van der Waals surface area contributed by atoms with Crippen molar-refractivity contribution in [1.82, 2.24) is 4.72 Å². The molecule has 1 aliphatic carbocycles. The van der Waals surface area contributed by atoms with Gasteiger partial charge in [0.1, 0.15) is 0 Å². The lowest BCUT2D eigenvalue weighted by molar-refractivity contribution is -0.142. The zero-order valence-corrected chi connectivity index (χ0v) is 11.2. The molecular weight excluding hydrogens is 242 g/mol. The molecule has 5 nitrogen and oxygen atoms in total. The quantitative estimate of drug-likeness (QED) is 0.784. The molecule has 6 heteroatoms. The van der Waals surface area contributed by atoms with Crippen LogP contribution >= 0.6 is 0 Å². The van der Waals surface area contributed by atoms with Crippen molar-refractivity contribution < 1.29 is 18.3 Å². The molecule has 17 heavy (non-hydrogen) atoms. The number of rotatable bonds is 5. The first-order valence-electron chi connectivity index (χ1n) is 6.10. The van der Waals surface area contributed by atoms with Crippen molar-refractivity contribution in [2.45, 2.75) is 57.2 Å². The number of carbonyl (C=O) groups is 1. The molecular formula is C11H21NO4S. The summed E-state index contributed by atoms with van der Waals surface area (Å²) in [5.74, 6) is -1.18. The summed E-state index contributed by atoms with van der Waals surface area (Å²) in [5.41, 5.74) is 0. The van der Waals surface area contributed by atoms with Crippen molar-refractivity contribution in [2.75, 3.05) is 0 Å². The van der Waals surface area contributed by atoms with Crippen LogP contribution in [0.15, 0.2) is 0 Å². The summed E-state index contributed by atoms with van der Waals surface area (Å²) in [7, 11) is -3.29. The van der Waals surface area contributed by atoms with E-state index < -0.39 is 21.2 Å². The Balaban J connectivity index is 2.56. The Morgan fingerprint density at radius 1 is 1.35 bits per heavy atom. The van der Waals surface area contributed by atoms with E-state index in [1.807, 2.05) is 13.8 Å². The maximum Gasteiger partial charge on any atom is 0.306 e. The average Bonchev–Trinajstić information content (AvgIpc) is 2.28. The molecule has 0 aromatic heterocycles. The number of aliphatic carboxylic acids is 1. The van der Waals surface area contributed by atoms with Crippen molar-refractivity contribution in [3.05, 3.63) is 0 Å². The van der Waals surface area contributed by atoms with Gasteiger partial charge < -0.3 is 5.11 Å². The maximum absolute atomic E-state index is 12.0. The van der Waals surface area contributed by atoms with Crippen LogP contribution in [-0.4, -0.2) is 30.8 Å². The zero-order valence-electron chi connectivity index (χ0n) is 10.3. The molecule has 1 unspecified atom stereocenters. The highest BCUT2D eigenvalue weighted by Gasteiger charge is 2.33. The fraction of sp³-hybridized carbons (Fsp3) is 0.909. The smallest absolute Gasteiger partial charge is 0.306 e. The van der Waals surface area contributed by atoms with Crippen LogP contribution in [0.2, 0.25) is 0 Å². The lowest BCUT2D eigenvalue weighted by Crippen LogP contribution is -2.41. The van der Waals surface area contributed by atoms with Crippen LogP contribution in [0.4, 0.5) is 0 Å². The van der Waals surface area contributed by atoms with E-state index in [0.29, 0.717) is 25.7 Å². The summed E-state index contributed by atoms with van der Waals surface area (Å²) in [4.78, 5) is 10.8. The van der Waals surface area contributed by atoms with Gasteiger partial charge in [0.2, 0.25) is 10.0 Å². The summed E-state index contributed by atoms with van der Waals surface area (Å²) in [5, 5.41) is 8.42. The van der Waals surface area contributed by atoms with Gasteiger partial charge in [0.05, 0.1) is 11.2 Å². The second-order valence-corrected chi connectivity index (χ2v) is 6.78. The number of nitrogens with one attached hydrogen (secondary N) is 1. The Hall–Kier alpha value is -0.620. The van der Waals surface area contributed by atoms with E-state index in [2.05, 4.69) is 4.72 Å². The molecule has 0 bridgehead atoms. The zero-order chi connectivity index (χ0) is 13.1. The van der Waals surface area contributed by atoms with Gasteiger partial charge in [0.15, 0.2) is 0 Å². The van der Waals surface area contributed by atoms with Gasteiger partial charge in [-0.2, -0.15) is 0 Å². The Morgan fingerprint density at radius 3 is 2.29 bits per heavy atom. The molecule has 0 heterocycles. The van der Waals surface area contributed by atoms with Gasteiger partial charge in [-0.25, -0.2) is 13.1 Å². The number of carboxylic acids is 1. The van der Waals surface area contributed by atoms with E-state index in [1.165, 1.54) is 0 Å². The Labute approximate surface area is 103 Å². The van der Waals surface area contributed by atoms with Crippen molar-refractivity contribution in [3.8, 4) is 0 Å². The summed E-state index contributed by atoms with van der Waals surface area (Å²) in [6.45, 7) is 3.76. The summed E-state index contributed by atoms with van der Waals surface area (Å²) >= 11 is 0. The van der Waals surface area contributed by atoms with Gasteiger partial charge in [-0.3, -0.25) is 4.79 Å². The van der Waals surface area contributed by atoms with Crippen molar-refractivity contribution in [2.24, 2.45) is 5.92 Å². The van der Waals surface area contributed by atoms with Crippen LogP contribution in [0.25, 0.3) is 0 Å². The fourth-order valence-electron chi connectivity index (χ4n) is 2.08. The second kappa shape index (κ2) is 5.82. The van der Waals surface area contributed by atoms with E-state index in [9.17, 15) is 13.2 Å². The van der Waals surface area contributed by atoms with E-state index in [0.717, 1.165) is 6.42 Å². The molecule has 2 N–H and O–H groups in total. The molecule has 1 fully saturated rings. The number of hydrogen-bond donors (Lipinski definition) is 2. The second-order valence-electron chi connectivity index (χ2n) is 4.78. The van der Waals surface area contributed by atoms with Gasteiger partial charge in [-0.15, -0.1) is 0 Å². The first-order chi connectivity index (χ1) is 7.86. The van der Waals surface area contributed by atoms with Crippen LogP contribution in [0.5, 0.6) is 0 Å². The highest BCUT2D eigenvalue weighted by Crippen LogP contribution is 2.28. The highest BCUT2D eigenvalue weighted by atomic mass is 32.2. The molecule has 0 radical (unpaired) electrons. The molecule has 0 aromatic carbocycles. The highest BCUT2D eigenvalue weighted by molar-refractivity contribution is 7.90. The lowest BCUT2D eigenvalue weighted by Gasteiger charge is -2.27. The van der Waals surface area contributed by atoms with Gasteiger partial charge in [0.25, 0.3) is 0 Å². The molecule has 0 spiro atoms. The molecule has 0 aromatic rings. The Bertz CT molecular complexity index is 358.